The summed E-state index contributed by atoms with van der Waals surface area (Å²) in [6, 6.07) is 5.22. The molecule has 1 aliphatic heterocycles. The van der Waals surface area contributed by atoms with Crippen LogP contribution in [0.5, 0.6) is 0 Å². The summed E-state index contributed by atoms with van der Waals surface area (Å²) in [4.78, 5) is 12.6. The third-order valence-electron chi connectivity index (χ3n) is 5.55. The predicted molar refractivity (Wildman–Crippen MR) is 103 cm³/mol. The first-order valence-electron chi connectivity index (χ1n) is 9.21. The molecule has 2 aromatic rings. The van der Waals surface area contributed by atoms with Crippen molar-refractivity contribution in [2.45, 2.75) is 49.5 Å². The summed E-state index contributed by atoms with van der Waals surface area (Å²) in [7, 11) is -1.91. The van der Waals surface area contributed by atoms with Crippen LogP contribution in [-0.2, 0) is 17.1 Å². The lowest BCUT2D eigenvalue weighted by molar-refractivity contribution is 0.308. The lowest BCUT2D eigenvalue weighted by Gasteiger charge is -2.31. The number of aryl methyl sites for hydroxylation is 1. The van der Waals surface area contributed by atoms with Crippen LogP contribution in [0.3, 0.4) is 0 Å². The maximum atomic E-state index is 13.0. The van der Waals surface area contributed by atoms with Crippen molar-refractivity contribution in [3.8, 4) is 0 Å². The molecule has 1 saturated heterocycles. The van der Waals surface area contributed by atoms with Gasteiger partial charge in [-0.25, -0.2) is 17.9 Å². The van der Waals surface area contributed by atoms with Crippen LogP contribution >= 0.6 is 11.6 Å². The Morgan fingerprint density at radius 3 is 2.44 bits per heavy atom. The van der Waals surface area contributed by atoms with Crippen LogP contribution in [0.1, 0.15) is 49.0 Å². The fraction of sp³-hybridized carbons (Fsp3) is 0.556. The summed E-state index contributed by atoms with van der Waals surface area (Å²) < 4.78 is 30.8. The van der Waals surface area contributed by atoms with Gasteiger partial charge in [-0.3, -0.25) is 4.57 Å². The molecule has 27 heavy (non-hydrogen) atoms. The molecule has 0 amide bonds. The van der Waals surface area contributed by atoms with Crippen molar-refractivity contribution in [2.24, 2.45) is 7.05 Å². The highest BCUT2D eigenvalue weighted by atomic mass is 35.5. The minimum atomic E-state index is -3.58. The average molecular weight is 411 g/mol. The number of sulfonamides is 1. The van der Waals surface area contributed by atoms with Crippen molar-refractivity contribution in [2.75, 3.05) is 13.1 Å². The fourth-order valence-electron chi connectivity index (χ4n) is 3.81. The first kappa shape index (κ1) is 18.7. The number of rotatable bonds is 4. The molecule has 0 spiro atoms. The quantitative estimate of drug-likeness (QED) is 0.775. The van der Waals surface area contributed by atoms with Crippen molar-refractivity contribution in [1.82, 2.24) is 18.7 Å². The minimum absolute atomic E-state index is 0.0721. The molecule has 7 nitrogen and oxygen atoms in total. The van der Waals surface area contributed by atoms with Gasteiger partial charge in [-0.2, -0.15) is 9.40 Å². The number of hydrogen-bond acceptors (Lipinski definition) is 4. The molecular formula is C18H23ClN4O3S. The number of piperidine rings is 1. The average Bonchev–Trinajstić information content (AvgIpc) is 3.43. The zero-order valence-corrected chi connectivity index (χ0v) is 17.0. The highest BCUT2D eigenvalue weighted by Gasteiger charge is 2.36. The van der Waals surface area contributed by atoms with Crippen LogP contribution in [0.25, 0.3) is 0 Å². The first-order valence-corrected chi connectivity index (χ1v) is 11.0. The van der Waals surface area contributed by atoms with E-state index < -0.39 is 10.0 Å². The Bertz CT molecular complexity index is 1030. The molecule has 4 rings (SSSR count). The monoisotopic (exact) mass is 410 g/mol. The summed E-state index contributed by atoms with van der Waals surface area (Å²) in [6.07, 6.45) is 3.34. The van der Waals surface area contributed by atoms with E-state index in [9.17, 15) is 13.2 Å². The molecular weight excluding hydrogens is 388 g/mol. The van der Waals surface area contributed by atoms with Gasteiger partial charge in [0, 0.05) is 37.1 Å². The molecule has 9 heteroatoms. The molecule has 2 heterocycles. The molecule has 0 radical (unpaired) electrons. The zero-order valence-electron chi connectivity index (χ0n) is 15.4. The normalized spacial score (nSPS) is 19.5. The van der Waals surface area contributed by atoms with Gasteiger partial charge in [-0.15, -0.1) is 0 Å². The van der Waals surface area contributed by atoms with Gasteiger partial charge < -0.3 is 0 Å². The molecule has 1 aromatic heterocycles. The molecule has 1 aromatic carbocycles. The molecule has 146 valence electrons. The standard InChI is InChI=1S/C18H23ClN4O3S/c1-12-15(19)4-3-5-16(12)27(25,26)22-10-8-13(9-11-22)17-20-21(2)18(24)23(17)14-6-7-14/h3-5,13-14H,6-11H2,1-2H3. The summed E-state index contributed by atoms with van der Waals surface area (Å²) in [5.41, 5.74) is 0.505. The van der Waals surface area contributed by atoms with Crippen LogP contribution in [0.4, 0.5) is 0 Å². The van der Waals surface area contributed by atoms with E-state index in [0.29, 0.717) is 36.5 Å². The second kappa shape index (κ2) is 6.76. The third-order valence-corrected chi connectivity index (χ3v) is 8.00. The number of hydrogen-bond donors (Lipinski definition) is 0. The summed E-state index contributed by atoms with van der Waals surface area (Å²) in [5.74, 6) is 0.910. The highest BCUT2D eigenvalue weighted by molar-refractivity contribution is 7.89. The van der Waals surface area contributed by atoms with Gasteiger partial charge in [-0.05, 0) is 50.3 Å². The predicted octanol–water partition coefficient (Wildman–Crippen LogP) is 2.45. The zero-order chi connectivity index (χ0) is 19.3. The minimum Gasteiger partial charge on any atom is -0.276 e. The van der Waals surface area contributed by atoms with E-state index in [4.69, 9.17) is 11.6 Å². The Balaban J connectivity index is 1.55. The van der Waals surface area contributed by atoms with Gasteiger partial charge in [0.05, 0.1) is 4.90 Å². The maximum absolute atomic E-state index is 13.0. The van der Waals surface area contributed by atoms with Crippen molar-refractivity contribution in [3.63, 3.8) is 0 Å². The summed E-state index contributed by atoms with van der Waals surface area (Å²) in [6.45, 7) is 2.55. The van der Waals surface area contributed by atoms with Crippen LogP contribution in [-0.4, -0.2) is 40.2 Å². The van der Waals surface area contributed by atoms with Gasteiger partial charge in [-0.1, -0.05) is 17.7 Å². The molecule has 2 aliphatic rings. The lowest BCUT2D eigenvalue weighted by Crippen LogP contribution is -2.38. The number of aromatic nitrogens is 3. The molecule has 0 N–H and O–H groups in total. The molecule has 0 bridgehead atoms. The Morgan fingerprint density at radius 1 is 1.15 bits per heavy atom. The molecule has 0 unspecified atom stereocenters. The maximum Gasteiger partial charge on any atom is 0.345 e. The largest absolute Gasteiger partial charge is 0.345 e. The third kappa shape index (κ3) is 3.23. The number of nitrogens with zero attached hydrogens (tertiary/aromatic N) is 4. The second-order valence-corrected chi connectivity index (χ2v) is 9.72. The molecule has 1 saturated carbocycles. The van der Waals surface area contributed by atoms with E-state index >= 15 is 0 Å². The highest BCUT2D eigenvalue weighted by Crippen LogP contribution is 2.38. The smallest absolute Gasteiger partial charge is 0.276 e. The SMILES string of the molecule is Cc1c(Cl)cccc1S(=O)(=O)N1CCC(c2nn(C)c(=O)n2C2CC2)CC1. The Labute approximate surface area is 163 Å². The van der Waals surface area contributed by atoms with E-state index in [1.807, 2.05) is 4.57 Å². The second-order valence-electron chi connectivity index (χ2n) is 7.41. The summed E-state index contributed by atoms with van der Waals surface area (Å²) >= 11 is 6.11. The number of benzene rings is 1. The number of halogens is 1. The first-order chi connectivity index (χ1) is 12.8. The van der Waals surface area contributed by atoms with Crippen molar-refractivity contribution in [3.05, 3.63) is 45.1 Å². The Kier molecular flexibility index (Phi) is 4.68. The lowest BCUT2D eigenvalue weighted by atomic mass is 9.97. The van der Waals surface area contributed by atoms with Crippen LogP contribution < -0.4 is 5.69 Å². The van der Waals surface area contributed by atoms with E-state index in [1.165, 1.54) is 8.99 Å². The Morgan fingerprint density at radius 2 is 1.81 bits per heavy atom. The molecule has 2 fully saturated rings. The Hall–Kier alpha value is -1.64. The van der Waals surface area contributed by atoms with Gasteiger partial charge in [0.2, 0.25) is 10.0 Å². The van der Waals surface area contributed by atoms with Crippen molar-refractivity contribution < 1.29 is 8.42 Å². The summed E-state index contributed by atoms with van der Waals surface area (Å²) in [5, 5.41) is 4.90. The molecule has 0 atom stereocenters. The van der Waals surface area contributed by atoms with Crippen LogP contribution in [0, 0.1) is 6.92 Å². The van der Waals surface area contributed by atoms with Crippen LogP contribution in [0.2, 0.25) is 5.02 Å². The van der Waals surface area contributed by atoms with Crippen molar-refractivity contribution in [1.29, 1.82) is 0 Å². The van der Waals surface area contributed by atoms with Crippen LogP contribution in [0.15, 0.2) is 27.9 Å². The topological polar surface area (TPSA) is 77.2 Å². The van der Waals surface area contributed by atoms with Gasteiger partial charge in [0.1, 0.15) is 5.82 Å². The van der Waals surface area contributed by atoms with Gasteiger partial charge >= 0.3 is 5.69 Å². The van der Waals surface area contributed by atoms with E-state index in [1.54, 1.807) is 32.2 Å². The van der Waals surface area contributed by atoms with Gasteiger partial charge in [0.25, 0.3) is 0 Å². The van der Waals surface area contributed by atoms with Gasteiger partial charge in [0.15, 0.2) is 0 Å². The van der Waals surface area contributed by atoms with E-state index in [2.05, 4.69) is 5.10 Å². The van der Waals surface area contributed by atoms with E-state index in [-0.39, 0.29) is 22.5 Å². The van der Waals surface area contributed by atoms with Crippen molar-refractivity contribution >= 4 is 21.6 Å². The fourth-order valence-corrected chi connectivity index (χ4v) is 5.76. The van der Waals surface area contributed by atoms with E-state index in [0.717, 1.165) is 18.7 Å². The molecule has 1 aliphatic carbocycles.